The molecule has 0 saturated heterocycles. The van der Waals surface area contributed by atoms with E-state index in [1.807, 2.05) is 19.9 Å². The van der Waals surface area contributed by atoms with Crippen LogP contribution in [0.2, 0.25) is 0 Å². The molecule has 4 heteroatoms. The van der Waals surface area contributed by atoms with Crippen LogP contribution < -0.4 is 5.32 Å². The third-order valence-corrected chi connectivity index (χ3v) is 3.18. The maximum atomic E-state index is 13.6. The molecule has 0 aliphatic heterocycles. The van der Waals surface area contributed by atoms with Crippen LogP contribution in [0.4, 0.5) is 9.52 Å². The maximum absolute atomic E-state index is 13.6. The fourth-order valence-corrected chi connectivity index (χ4v) is 2.42. The molecule has 0 saturated carbocycles. The molecule has 0 spiro atoms. The lowest BCUT2D eigenvalue weighted by Gasteiger charge is -1.99. The number of benzene rings is 1. The minimum absolute atomic E-state index is 0.223. The second-order valence-electron chi connectivity index (χ2n) is 3.43. The summed E-state index contributed by atoms with van der Waals surface area (Å²) in [6.45, 7) is 4.80. The van der Waals surface area contributed by atoms with Gasteiger partial charge in [0.05, 0.1) is 5.69 Å². The molecule has 2 nitrogen and oxygen atoms in total. The van der Waals surface area contributed by atoms with Gasteiger partial charge in [-0.1, -0.05) is 12.1 Å². The lowest BCUT2D eigenvalue weighted by molar-refractivity contribution is 0.631. The van der Waals surface area contributed by atoms with Crippen LogP contribution in [0.25, 0.3) is 11.3 Å². The molecule has 0 fully saturated rings. The molecule has 0 atom stereocenters. The molecular formula is C12H13FN2S. The minimum Gasteiger partial charge on any atom is -0.362 e. The molecule has 1 aromatic heterocycles. The minimum atomic E-state index is -0.223. The molecule has 2 rings (SSSR count). The maximum Gasteiger partial charge on any atom is 0.183 e. The molecule has 0 bridgehead atoms. The Morgan fingerprint density at radius 2 is 2.12 bits per heavy atom. The first-order valence-corrected chi connectivity index (χ1v) is 6.00. The normalized spacial score (nSPS) is 10.4. The van der Waals surface area contributed by atoms with Gasteiger partial charge in [-0.05, 0) is 26.0 Å². The highest BCUT2D eigenvalue weighted by atomic mass is 32.1. The van der Waals surface area contributed by atoms with E-state index in [9.17, 15) is 4.39 Å². The Morgan fingerprint density at radius 3 is 2.81 bits per heavy atom. The number of aryl methyl sites for hydroxylation is 1. The van der Waals surface area contributed by atoms with Crippen molar-refractivity contribution in [2.45, 2.75) is 13.8 Å². The van der Waals surface area contributed by atoms with Gasteiger partial charge in [0.15, 0.2) is 5.13 Å². The van der Waals surface area contributed by atoms with Gasteiger partial charge in [0.2, 0.25) is 0 Å². The molecule has 0 amide bonds. The molecule has 0 aliphatic rings. The van der Waals surface area contributed by atoms with Crippen LogP contribution in [0.5, 0.6) is 0 Å². The molecule has 2 aromatic rings. The quantitative estimate of drug-likeness (QED) is 0.879. The highest BCUT2D eigenvalue weighted by molar-refractivity contribution is 7.16. The van der Waals surface area contributed by atoms with Crippen LogP contribution in [0.1, 0.15) is 11.8 Å². The Morgan fingerprint density at radius 1 is 1.38 bits per heavy atom. The van der Waals surface area contributed by atoms with Crippen molar-refractivity contribution in [3.8, 4) is 11.3 Å². The zero-order valence-corrected chi connectivity index (χ0v) is 10.1. The van der Waals surface area contributed by atoms with Crippen LogP contribution >= 0.6 is 11.3 Å². The Kier molecular flexibility index (Phi) is 3.19. The third-order valence-electron chi connectivity index (χ3n) is 2.25. The second-order valence-corrected chi connectivity index (χ2v) is 4.64. The van der Waals surface area contributed by atoms with Gasteiger partial charge in [-0.2, -0.15) is 0 Å². The summed E-state index contributed by atoms with van der Waals surface area (Å²) in [4.78, 5) is 5.43. The summed E-state index contributed by atoms with van der Waals surface area (Å²) in [5, 5.41) is 3.99. The first kappa shape index (κ1) is 11.1. The predicted molar refractivity (Wildman–Crippen MR) is 66.4 cm³/mol. The highest BCUT2D eigenvalue weighted by Gasteiger charge is 2.12. The van der Waals surface area contributed by atoms with E-state index < -0.39 is 0 Å². The molecule has 1 heterocycles. The number of nitrogens with one attached hydrogen (secondary N) is 1. The van der Waals surface area contributed by atoms with E-state index in [-0.39, 0.29) is 5.82 Å². The molecular weight excluding hydrogens is 223 g/mol. The Hall–Kier alpha value is -1.42. The van der Waals surface area contributed by atoms with E-state index in [1.165, 1.54) is 6.07 Å². The van der Waals surface area contributed by atoms with Crippen molar-refractivity contribution < 1.29 is 4.39 Å². The van der Waals surface area contributed by atoms with Gasteiger partial charge in [0.1, 0.15) is 5.82 Å². The van der Waals surface area contributed by atoms with Crippen molar-refractivity contribution in [3.05, 3.63) is 35.0 Å². The largest absolute Gasteiger partial charge is 0.362 e. The topological polar surface area (TPSA) is 24.9 Å². The lowest BCUT2D eigenvalue weighted by Crippen LogP contribution is -1.95. The number of nitrogens with zero attached hydrogens (tertiary/aromatic N) is 1. The van der Waals surface area contributed by atoms with E-state index in [4.69, 9.17) is 0 Å². The number of halogens is 1. The average molecular weight is 236 g/mol. The number of thiazole rings is 1. The first-order valence-electron chi connectivity index (χ1n) is 5.18. The summed E-state index contributed by atoms with van der Waals surface area (Å²) in [6, 6.07) is 6.73. The molecule has 0 aliphatic carbocycles. The standard InChI is InChI=1S/C12H13FN2S/c1-3-14-12-15-11(8(2)16-12)9-6-4-5-7-10(9)13/h4-7H,3H2,1-2H3,(H,14,15). The van der Waals surface area contributed by atoms with Gasteiger partial charge in [-0.15, -0.1) is 11.3 Å². The summed E-state index contributed by atoms with van der Waals surface area (Å²) in [7, 11) is 0. The number of hydrogen-bond acceptors (Lipinski definition) is 3. The zero-order valence-electron chi connectivity index (χ0n) is 9.25. The fraction of sp³-hybridized carbons (Fsp3) is 0.250. The van der Waals surface area contributed by atoms with Crippen LogP contribution in [0, 0.1) is 12.7 Å². The number of anilines is 1. The zero-order chi connectivity index (χ0) is 11.5. The van der Waals surface area contributed by atoms with Crippen molar-refractivity contribution in [2.75, 3.05) is 11.9 Å². The Labute approximate surface area is 98.2 Å². The van der Waals surface area contributed by atoms with Gasteiger partial charge in [0.25, 0.3) is 0 Å². The summed E-state index contributed by atoms with van der Waals surface area (Å²) in [6.07, 6.45) is 0. The smallest absolute Gasteiger partial charge is 0.183 e. The number of aromatic nitrogens is 1. The molecule has 0 unspecified atom stereocenters. The van der Waals surface area contributed by atoms with E-state index >= 15 is 0 Å². The Balaban J connectivity index is 2.44. The van der Waals surface area contributed by atoms with Crippen LogP contribution in [-0.2, 0) is 0 Å². The molecule has 0 radical (unpaired) electrons. The molecule has 84 valence electrons. The third kappa shape index (κ3) is 2.07. The van der Waals surface area contributed by atoms with Crippen LogP contribution in [0.15, 0.2) is 24.3 Å². The molecule has 1 aromatic carbocycles. The summed E-state index contributed by atoms with van der Waals surface area (Å²) in [5.41, 5.74) is 1.31. The van der Waals surface area contributed by atoms with Crippen molar-refractivity contribution in [2.24, 2.45) is 0 Å². The second kappa shape index (κ2) is 4.61. The van der Waals surface area contributed by atoms with Crippen molar-refractivity contribution >= 4 is 16.5 Å². The number of rotatable bonds is 3. The van der Waals surface area contributed by atoms with Crippen molar-refractivity contribution in [3.63, 3.8) is 0 Å². The lowest BCUT2D eigenvalue weighted by atomic mass is 10.1. The summed E-state index contributed by atoms with van der Waals surface area (Å²) in [5.74, 6) is -0.223. The van der Waals surface area contributed by atoms with Crippen LogP contribution in [-0.4, -0.2) is 11.5 Å². The monoisotopic (exact) mass is 236 g/mol. The van der Waals surface area contributed by atoms with E-state index in [2.05, 4.69) is 10.3 Å². The van der Waals surface area contributed by atoms with Crippen LogP contribution in [0.3, 0.4) is 0 Å². The SMILES string of the molecule is CCNc1nc(-c2ccccc2F)c(C)s1. The fourth-order valence-electron chi connectivity index (χ4n) is 1.53. The van der Waals surface area contributed by atoms with E-state index in [0.29, 0.717) is 5.56 Å². The van der Waals surface area contributed by atoms with Gasteiger partial charge < -0.3 is 5.32 Å². The van der Waals surface area contributed by atoms with Gasteiger partial charge in [-0.3, -0.25) is 0 Å². The highest BCUT2D eigenvalue weighted by Crippen LogP contribution is 2.31. The van der Waals surface area contributed by atoms with E-state index in [1.54, 1.807) is 23.5 Å². The summed E-state index contributed by atoms with van der Waals surface area (Å²) < 4.78 is 13.6. The molecule has 1 N–H and O–H groups in total. The van der Waals surface area contributed by atoms with Crippen molar-refractivity contribution in [1.29, 1.82) is 0 Å². The van der Waals surface area contributed by atoms with E-state index in [0.717, 1.165) is 22.2 Å². The van der Waals surface area contributed by atoms with Gasteiger partial charge in [-0.25, -0.2) is 9.37 Å². The summed E-state index contributed by atoms with van der Waals surface area (Å²) >= 11 is 1.55. The molecule has 16 heavy (non-hydrogen) atoms. The first-order chi connectivity index (χ1) is 7.72. The number of hydrogen-bond donors (Lipinski definition) is 1. The Bertz CT molecular complexity index is 494. The van der Waals surface area contributed by atoms with Gasteiger partial charge in [0, 0.05) is 17.0 Å². The van der Waals surface area contributed by atoms with Crippen molar-refractivity contribution in [1.82, 2.24) is 4.98 Å². The predicted octanol–water partition coefficient (Wildman–Crippen LogP) is 3.69. The van der Waals surface area contributed by atoms with Gasteiger partial charge >= 0.3 is 0 Å². The average Bonchev–Trinajstić information content (AvgIpc) is 2.61.